The van der Waals surface area contributed by atoms with Gasteiger partial charge in [-0.2, -0.15) is 5.26 Å². The third kappa shape index (κ3) is 5.34. The fourth-order valence-electron chi connectivity index (χ4n) is 4.28. The molecule has 1 saturated heterocycles. The second kappa shape index (κ2) is 10.3. The normalized spacial score (nSPS) is 19.6. The Balaban J connectivity index is 0.00000256. The van der Waals surface area contributed by atoms with E-state index in [4.69, 9.17) is 4.74 Å². The van der Waals surface area contributed by atoms with Crippen molar-refractivity contribution in [2.45, 2.75) is 25.2 Å². The maximum atomic E-state index is 12.1. The van der Waals surface area contributed by atoms with Gasteiger partial charge in [0.25, 0.3) is 0 Å². The number of likely N-dealkylation sites (tertiary alicyclic amines) is 1. The standard InChI is InChI=1S/C23H24BrN3O2.ClH/c24-18-5-7-19(8-6-18)26-23(28)3-1-2-10-27-13-17-15-29-22-9-4-16(12-25)11-20(22)21(17)14-27;/h4-9,11,17,21H,1-3,10,13-15H2,(H,26,28);1H/t17-,21+;/m1./s1. The number of amides is 1. The van der Waals surface area contributed by atoms with Crippen molar-refractivity contribution in [2.24, 2.45) is 5.92 Å². The highest BCUT2D eigenvalue weighted by molar-refractivity contribution is 9.10. The van der Waals surface area contributed by atoms with Crippen molar-refractivity contribution in [1.82, 2.24) is 4.90 Å². The van der Waals surface area contributed by atoms with Gasteiger partial charge in [0.15, 0.2) is 0 Å². The number of carbonyl (C=O) groups excluding carboxylic acids is 1. The van der Waals surface area contributed by atoms with Gasteiger partial charge in [-0.25, -0.2) is 0 Å². The molecule has 1 N–H and O–H groups in total. The molecule has 0 radical (unpaired) electrons. The Morgan fingerprint density at radius 2 is 2.00 bits per heavy atom. The highest BCUT2D eigenvalue weighted by Gasteiger charge is 2.38. The molecule has 2 aromatic carbocycles. The number of anilines is 1. The Morgan fingerprint density at radius 1 is 1.20 bits per heavy atom. The molecular weight excluding hydrogens is 466 g/mol. The number of nitrogens with one attached hydrogen (secondary N) is 1. The van der Waals surface area contributed by atoms with Crippen molar-refractivity contribution < 1.29 is 9.53 Å². The molecule has 1 fully saturated rings. The number of ether oxygens (including phenoxy) is 1. The van der Waals surface area contributed by atoms with E-state index < -0.39 is 0 Å². The van der Waals surface area contributed by atoms with Crippen molar-refractivity contribution in [3.05, 3.63) is 58.1 Å². The van der Waals surface area contributed by atoms with Gasteiger partial charge >= 0.3 is 0 Å². The minimum absolute atomic E-state index is 0. The molecule has 30 heavy (non-hydrogen) atoms. The molecule has 158 valence electrons. The Bertz CT molecular complexity index is 929. The average Bonchev–Trinajstić information content (AvgIpc) is 3.16. The van der Waals surface area contributed by atoms with Crippen LogP contribution in [0.3, 0.4) is 0 Å². The van der Waals surface area contributed by atoms with Gasteiger partial charge in [0.2, 0.25) is 5.91 Å². The summed E-state index contributed by atoms with van der Waals surface area (Å²) in [6, 6.07) is 15.6. The zero-order chi connectivity index (χ0) is 20.2. The summed E-state index contributed by atoms with van der Waals surface area (Å²) in [5.41, 5.74) is 2.71. The van der Waals surface area contributed by atoms with Gasteiger partial charge in [0.05, 0.1) is 18.2 Å². The number of carbonyl (C=O) groups is 1. The smallest absolute Gasteiger partial charge is 0.224 e. The first kappa shape index (κ1) is 22.6. The van der Waals surface area contributed by atoms with Gasteiger partial charge in [-0.3, -0.25) is 4.79 Å². The summed E-state index contributed by atoms with van der Waals surface area (Å²) in [6.07, 6.45) is 2.41. The summed E-state index contributed by atoms with van der Waals surface area (Å²) >= 11 is 3.39. The maximum absolute atomic E-state index is 12.1. The lowest BCUT2D eigenvalue weighted by Crippen LogP contribution is -2.25. The summed E-state index contributed by atoms with van der Waals surface area (Å²) in [5.74, 6) is 1.91. The number of rotatable bonds is 6. The van der Waals surface area contributed by atoms with E-state index in [1.807, 2.05) is 42.5 Å². The molecule has 2 aliphatic heterocycles. The van der Waals surface area contributed by atoms with Crippen LogP contribution in [-0.4, -0.2) is 37.0 Å². The Morgan fingerprint density at radius 3 is 2.77 bits per heavy atom. The van der Waals surface area contributed by atoms with E-state index in [1.165, 1.54) is 5.56 Å². The Kier molecular flexibility index (Phi) is 7.76. The van der Waals surface area contributed by atoms with Gasteiger partial charge in [0.1, 0.15) is 5.75 Å². The zero-order valence-electron chi connectivity index (χ0n) is 16.6. The summed E-state index contributed by atoms with van der Waals surface area (Å²) in [5, 5.41) is 12.1. The van der Waals surface area contributed by atoms with Crippen LogP contribution in [0, 0.1) is 17.2 Å². The summed E-state index contributed by atoms with van der Waals surface area (Å²) < 4.78 is 6.91. The summed E-state index contributed by atoms with van der Waals surface area (Å²) in [6.45, 7) is 3.76. The monoisotopic (exact) mass is 489 g/mol. The molecule has 2 aromatic rings. The minimum Gasteiger partial charge on any atom is -0.493 e. The molecule has 0 unspecified atom stereocenters. The van der Waals surface area contributed by atoms with Crippen molar-refractivity contribution in [2.75, 3.05) is 31.6 Å². The zero-order valence-corrected chi connectivity index (χ0v) is 19.0. The second-order valence-corrected chi connectivity index (χ2v) is 8.73. The van der Waals surface area contributed by atoms with E-state index in [1.54, 1.807) is 0 Å². The van der Waals surface area contributed by atoms with Crippen LogP contribution >= 0.6 is 28.3 Å². The van der Waals surface area contributed by atoms with Crippen LogP contribution in [0.25, 0.3) is 0 Å². The van der Waals surface area contributed by atoms with Crippen LogP contribution in [0.1, 0.15) is 36.3 Å². The fourth-order valence-corrected chi connectivity index (χ4v) is 4.54. The first-order chi connectivity index (χ1) is 14.1. The van der Waals surface area contributed by atoms with Crippen molar-refractivity contribution >= 4 is 39.9 Å². The van der Waals surface area contributed by atoms with Crippen LogP contribution in [0.2, 0.25) is 0 Å². The highest BCUT2D eigenvalue weighted by atomic mass is 79.9. The molecule has 1 amide bonds. The first-order valence-electron chi connectivity index (χ1n) is 10.1. The van der Waals surface area contributed by atoms with Crippen LogP contribution in [-0.2, 0) is 4.79 Å². The number of nitriles is 1. The maximum Gasteiger partial charge on any atom is 0.224 e. The molecule has 0 spiro atoms. The van der Waals surface area contributed by atoms with Crippen LogP contribution in [0.5, 0.6) is 5.75 Å². The third-order valence-electron chi connectivity index (χ3n) is 5.76. The van der Waals surface area contributed by atoms with Crippen LogP contribution in [0.15, 0.2) is 46.9 Å². The van der Waals surface area contributed by atoms with Crippen molar-refractivity contribution in [3.63, 3.8) is 0 Å². The molecule has 7 heteroatoms. The van der Waals surface area contributed by atoms with Gasteiger partial charge in [-0.05, 0) is 61.9 Å². The molecule has 5 nitrogen and oxygen atoms in total. The molecule has 0 bridgehead atoms. The largest absolute Gasteiger partial charge is 0.493 e. The topological polar surface area (TPSA) is 65.4 Å². The van der Waals surface area contributed by atoms with E-state index in [-0.39, 0.29) is 18.3 Å². The van der Waals surface area contributed by atoms with E-state index in [2.05, 4.69) is 32.2 Å². The average molecular weight is 491 g/mol. The molecule has 2 aliphatic rings. The van der Waals surface area contributed by atoms with E-state index >= 15 is 0 Å². The number of fused-ring (bicyclic) bond motifs is 3. The van der Waals surface area contributed by atoms with Crippen LogP contribution < -0.4 is 10.1 Å². The molecular formula is C23H25BrClN3O2. The van der Waals surface area contributed by atoms with E-state index in [0.29, 0.717) is 23.8 Å². The summed E-state index contributed by atoms with van der Waals surface area (Å²) in [7, 11) is 0. The van der Waals surface area contributed by atoms with E-state index in [9.17, 15) is 10.1 Å². The number of benzene rings is 2. The number of nitrogens with zero attached hydrogens (tertiary/aromatic N) is 2. The SMILES string of the molecule is Cl.N#Cc1ccc2c(c1)[C@H]1CN(CCCCC(=O)Nc3ccc(Br)cc3)C[C@@H]1CO2. The van der Waals surface area contributed by atoms with Crippen molar-refractivity contribution in [1.29, 1.82) is 5.26 Å². The Hall–Kier alpha value is -2.07. The third-order valence-corrected chi connectivity index (χ3v) is 6.29. The minimum atomic E-state index is 0. The molecule has 4 rings (SSSR count). The first-order valence-corrected chi connectivity index (χ1v) is 10.9. The molecule has 0 saturated carbocycles. The quantitative estimate of drug-likeness (QED) is 0.581. The van der Waals surface area contributed by atoms with Gasteiger partial charge in [-0.15, -0.1) is 12.4 Å². The van der Waals surface area contributed by atoms with Gasteiger partial charge in [0, 0.05) is 47.1 Å². The number of hydrogen-bond acceptors (Lipinski definition) is 4. The van der Waals surface area contributed by atoms with Crippen LogP contribution in [0.4, 0.5) is 5.69 Å². The van der Waals surface area contributed by atoms with Gasteiger partial charge < -0.3 is 15.0 Å². The second-order valence-electron chi connectivity index (χ2n) is 7.81. The predicted octanol–water partition coefficient (Wildman–Crippen LogP) is 4.96. The summed E-state index contributed by atoms with van der Waals surface area (Å²) in [4.78, 5) is 14.6. The lowest BCUT2D eigenvalue weighted by atomic mass is 9.86. The lowest BCUT2D eigenvalue weighted by Gasteiger charge is -2.27. The lowest BCUT2D eigenvalue weighted by molar-refractivity contribution is -0.116. The number of halogens is 2. The van der Waals surface area contributed by atoms with E-state index in [0.717, 1.165) is 55.0 Å². The fraction of sp³-hybridized carbons (Fsp3) is 0.391. The molecule has 0 aliphatic carbocycles. The predicted molar refractivity (Wildman–Crippen MR) is 123 cm³/mol. The highest BCUT2D eigenvalue weighted by Crippen LogP contribution is 2.41. The molecule has 2 heterocycles. The molecule has 0 aromatic heterocycles. The number of hydrogen-bond donors (Lipinski definition) is 1. The number of unbranched alkanes of at least 4 members (excludes halogenated alkanes) is 1. The Labute approximate surface area is 191 Å². The van der Waals surface area contributed by atoms with Crippen molar-refractivity contribution in [3.8, 4) is 11.8 Å². The molecule has 2 atom stereocenters. The van der Waals surface area contributed by atoms with Gasteiger partial charge in [-0.1, -0.05) is 15.9 Å².